The Labute approximate surface area is 550 Å². The van der Waals surface area contributed by atoms with Gasteiger partial charge in [-0.15, -0.1) is 22.7 Å². The molecule has 8 heteroatoms. The first-order valence-corrected chi connectivity index (χ1v) is 33.4. The van der Waals surface area contributed by atoms with Gasteiger partial charge in [0.15, 0.2) is 34.9 Å². The molecule has 17 aromatic rings. The highest BCUT2D eigenvalue weighted by molar-refractivity contribution is 7.26. The molecule has 0 spiro atoms. The van der Waals surface area contributed by atoms with Gasteiger partial charge in [0, 0.05) is 85.6 Å². The Hall–Kier alpha value is -11.7. The van der Waals surface area contributed by atoms with Gasteiger partial charge < -0.3 is 0 Å². The smallest absolute Gasteiger partial charge is 0.164 e. The van der Waals surface area contributed by atoms with E-state index in [-0.39, 0.29) is 11.8 Å². The molecule has 3 aliphatic carbocycles. The van der Waals surface area contributed by atoms with E-state index in [1.807, 2.05) is 59.1 Å². The van der Waals surface area contributed by atoms with E-state index in [0.29, 0.717) is 34.9 Å². The third-order valence-corrected chi connectivity index (χ3v) is 21.3. The van der Waals surface area contributed by atoms with Gasteiger partial charge in [-0.3, -0.25) is 0 Å². The highest BCUT2D eigenvalue weighted by Crippen LogP contribution is 2.57. The van der Waals surface area contributed by atoms with Crippen molar-refractivity contribution in [3.63, 3.8) is 0 Å². The van der Waals surface area contributed by atoms with E-state index in [2.05, 4.69) is 267 Å². The zero-order chi connectivity index (χ0) is 61.8. The first kappa shape index (κ1) is 54.1. The van der Waals surface area contributed by atoms with Crippen LogP contribution >= 0.6 is 22.7 Å². The van der Waals surface area contributed by atoms with Crippen LogP contribution in [0.1, 0.15) is 45.2 Å². The molecule has 94 heavy (non-hydrogen) atoms. The van der Waals surface area contributed by atoms with Crippen LogP contribution in [0.3, 0.4) is 0 Å². The molecule has 0 radical (unpaired) electrons. The van der Waals surface area contributed by atoms with Gasteiger partial charge in [0.05, 0.1) is 0 Å². The lowest BCUT2D eigenvalue weighted by molar-refractivity contribution is 0.755. The number of nitrogens with zero attached hydrogens (tertiary/aromatic N) is 6. The lowest BCUT2D eigenvalue weighted by Gasteiger charge is -2.42. The molecule has 0 amide bonds. The van der Waals surface area contributed by atoms with Gasteiger partial charge in [-0.05, 0) is 114 Å². The van der Waals surface area contributed by atoms with Crippen LogP contribution in [-0.2, 0) is 0 Å². The summed E-state index contributed by atoms with van der Waals surface area (Å²) in [6, 6.07) is 109. The summed E-state index contributed by atoms with van der Waals surface area (Å²) < 4.78 is 5.09. The predicted octanol–water partition coefficient (Wildman–Crippen LogP) is 22.4. The Kier molecular flexibility index (Phi) is 12.7. The molecule has 6 nitrogen and oxygen atoms in total. The summed E-state index contributed by atoms with van der Waals surface area (Å²) in [5, 5.41) is 5.12. The van der Waals surface area contributed by atoms with Gasteiger partial charge >= 0.3 is 0 Å². The minimum Gasteiger partial charge on any atom is -0.208 e. The summed E-state index contributed by atoms with van der Waals surface area (Å²) in [7, 11) is 0. The highest BCUT2D eigenvalue weighted by atomic mass is 32.1. The van der Waals surface area contributed by atoms with Gasteiger partial charge in [0.1, 0.15) is 0 Å². The fourth-order valence-electron chi connectivity index (χ4n) is 14.5. The third kappa shape index (κ3) is 9.13. The number of hydrogen-bond acceptors (Lipinski definition) is 8. The summed E-state index contributed by atoms with van der Waals surface area (Å²) >= 11 is 3.66. The number of aromatic nitrogens is 6. The van der Waals surface area contributed by atoms with Crippen LogP contribution in [0.25, 0.3) is 153 Å². The fraction of sp³-hybridized carbons (Fsp3) is 0.0233. The predicted molar refractivity (Wildman–Crippen MR) is 388 cm³/mol. The lowest BCUT2D eigenvalue weighted by atomic mass is 9.60. The summed E-state index contributed by atoms with van der Waals surface area (Å²) in [5.74, 6) is 3.97. The molecule has 438 valence electrons. The normalized spacial score (nSPS) is 13.7. The fourth-order valence-corrected chi connectivity index (χ4v) is 16.8. The van der Waals surface area contributed by atoms with E-state index in [1.54, 1.807) is 0 Å². The molecular formula is C86H52N6S2. The molecule has 20 rings (SSSR count). The van der Waals surface area contributed by atoms with Crippen LogP contribution in [-0.4, -0.2) is 29.9 Å². The van der Waals surface area contributed by atoms with Crippen LogP contribution in [0, 0.1) is 0 Å². The maximum atomic E-state index is 5.27. The maximum Gasteiger partial charge on any atom is 0.164 e. The standard InChI is InChI=1S/C86H52N6S2/c1-3-17-53(18-4-1)81-87-83(91-85(89-81)71-27-11-7-21-61(71)59-41-43-65-63-23-13-15-29-75(63)93-77(65)49-59)55-35-31-51(32-36-55)57-39-45-69-73(47-57)79-67-25-9-10-26-68(67)80(69)74-48-58(40-46-70(74)79)52-33-37-56(38-34-52)84-88-82(54-19-5-2-6-20-54)90-86(92-84)72-28-12-8-22-62(72)60-42-44-66-64-24-14-16-30-76(64)94-78(66)50-60/h1-50,79-80H. The van der Waals surface area contributed by atoms with Crippen LogP contribution in [0.5, 0.6) is 0 Å². The molecule has 4 heterocycles. The minimum absolute atomic E-state index is 0.0947. The first-order valence-electron chi connectivity index (χ1n) is 31.8. The van der Waals surface area contributed by atoms with E-state index in [1.165, 1.54) is 84.9 Å². The average Bonchev–Trinajstić information content (AvgIpc) is 0.872. The van der Waals surface area contributed by atoms with Gasteiger partial charge in [0.25, 0.3) is 0 Å². The van der Waals surface area contributed by atoms with Crippen molar-refractivity contribution in [2.24, 2.45) is 0 Å². The molecule has 0 aliphatic heterocycles. The van der Waals surface area contributed by atoms with Gasteiger partial charge in [-0.1, -0.05) is 267 Å². The van der Waals surface area contributed by atoms with Crippen molar-refractivity contribution in [2.45, 2.75) is 11.8 Å². The average molecular weight is 1230 g/mol. The quantitative estimate of drug-likeness (QED) is 0.136. The molecule has 2 atom stereocenters. The summed E-state index contributed by atoms with van der Waals surface area (Å²) in [4.78, 5) is 31.2. The Balaban J connectivity index is 0.633. The van der Waals surface area contributed by atoms with Gasteiger partial charge in [-0.2, -0.15) is 0 Å². The first-order chi connectivity index (χ1) is 46.5. The van der Waals surface area contributed by atoms with Gasteiger partial charge in [-0.25, -0.2) is 29.9 Å². The van der Waals surface area contributed by atoms with Crippen LogP contribution in [0.4, 0.5) is 0 Å². The Morgan fingerprint density at radius 3 is 0.904 bits per heavy atom. The zero-order valence-electron chi connectivity index (χ0n) is 50.5. The number of fused-ring (bicyclic) bond motifs is 6. The van der Waals surface area contributed by atoms with Crippen molar-refractivity contribution in [3.8, 4) is 113 Å². The molecule has 0 saturated carbocycles. The molecule has 3 aliphatic rings. The lowest BCUT2D eigenvalue weighted by Crippen LogP contribution is -2.27. The van der Waals surface area contributed by atoms with Crippen molar-refractivity contribution >= 4 is 63.0 Å². The molecule has 0 saturated heterocycles. The topological polar surface area (TPSA) is 77.3 Å². The molecule has 2 bridgehead atoms. The summed E-state index contributed by atoms with van der Waals surface area (Å²) in [6.45, 7) is 0. The van der Waals surface area contributed by atoms with Gasteiger partial charge in [0.2, 0.25) is 0 Å². The van der Waals surface area contributed by atoms with Crippen molar-refractivity contribution in [2.75, 3.05) is 0 Å². The minimum atomic E-state index is 0.0947. The van der Waals surface area contributed by atoms with Crippen molar-refractivity contribution in [3.05, 3.63) is 337 Å². The zero-order valence-corrected chi connectivity index (χ0v) is 52.2. The van der Waals surface area contributed by atoms with E-state index < -0.39 is 0 Å². The summed E-state index contributed by atoms with van der Waals surface area (Å²) in [6.07, 6.45) is 0. The summed E-state index contributed by atoms with van der Waals surface area (Å²) in [5.41, 5.74) is 22.9. The second kappa shape index (κ2) is 22.0. The van der Waals surface area contributed by atoms with Crippen molar-refractivity contribution in [1.82, 2.24) is 29.9 Å². The number of benzene rings is 13. The van der Waals surface area contributed by atoms with E-state index in [4.69, 9.17) is 29.9 Å². The molecule has 0 fully saturated rings. The Morgan fingerprint density at radius 2 is 0.479 bits per heavy atom. The van der Waals surface area contributed by atoms with Crippen molar-refractivity contribution < 1.29 is 0 Å². The monoisotopic (exact) mass is 1230 g/mol. The SMILES string of the molecule is c1ccc(-c2nc(-c3ccc(-c4ccc5c(c4)C4c6ccccc6C5c5cc(-c6ccc(-c7nc(-c8ccccc8)nc(-c8ccccc8-c8ccc9c(c8)sc8ccccc89)n7)cc6)ccc54)cc3)nc(-c3ccccc3-c3ccc4c(c3)sc3ccccc34)n2)cc1. The highest BCUT2D eigenvalue weighted by Gasteiger charge is 2.41. The molecule has 4 aromatic heterocycles. The number of rotatable bonds is 10. The van der Waals surface area contributed by atoms with E-state index >= 15 is 0 Å². The maximum absolute atomic E-state index is 5.27. The Bertz CT molecular complexity index is 5520. The molecular weight excluding hydrogens is 1180 g/mol. The molecule has 2 unspecified atom stereocenters. The number of thiophene rings is 2. The van der Waals surface area contributed by atoms with Crippen LogP contribution < -0.4 is 0 Å². The number of hydrogen-bond donors (Lipinski definition) is 0. The Morgan fingerprint density at radius 1 is 0.181 bits per heavy atom. The largest absolute Gasteiger partial charge is 0.208 e. The van der Waals surface area contributed by atoms with Crippen LogP contribution in [0.15, 0.2) is 303 Å². The molecule has 0 N–H and O–H groups in total. The van der Waals surface area contributed by atoms with E-state index in [0.717, 1.165) is 66.8 Å². The third-order valence-electron chi connectivity index (χ3n) is 19.0. The second-order valence-electron chi connectivity index (χ2n) is 24.4. The second-order valence-corrected chi connectivity index (χ2v) is 26.6. The van der Waals surface area contributed by atoms with E-state index in [9.17, 15) is 0 Å². The van der Waals surface area contributed by atoms with Crippen LogP contribution in [0.2, 0.25) is 0 Å². The molecule has 13 aromatic carbocycles. The van der Waals surface area contributed by atoms with Crippen molar-refractivity contribution in [1.29, 1.82) is 0 Å².